The molecule has 1 amide bonds. The van der Waals surface area contributed by atoms with Crippen LogP contribution < -0.4 is 10.1 Å². The molecule has 5 nitrogen and oxygen atoms in total. The van der Waals surface area contributed by atoms with Crippen molar-refractivity contribution in [1.82, 2.24) is 0 Å². The average Bonchev–Trinajstić information content (AvgIpc) is 2.57. The molecule has 0 saturated carbocycles. The summed E-state index contributed by atoms with van der Waals surface area (Å²) in [6.45, 7) is 3.38. The third-order valence-corrected chi connectivity index (χ3v) is 3.04. The molecular weight excluding hydrogens is 306 g/mol. The second-order valence-corrected chi connectivity index (χ2v) is 5.10. The molecule has 0 spiro atoms. The number of nitrogens with one attached hydrogen (secondary N) is 1. The summed E-state index contributed by atoms with van der Waals surface area (Å²) < 4.78 is 10.5. The molecule has 0 fully saturated rings. The second-order valence-electron chi connectivity index (χ2n) is 5.10. The van der Waals surface area contributed by atoms with Gasteiger partial charge in [0, 0.05) is 11.8 Å². The van der Waals surface area contributed by atoms with Gasteiger partial charge >= 0.3 is 5.97 Å². The quantitative estimate of drug-likeness (QED) is 0.647. The van der Waals surface area contributed by atoms with Gasteiger partial charge in [-0.1, -0.05) is 23.8 Å². The first kappa shape index (κ1) is 17.3. The van der Waals surface area contributed by atoms with Gasteiger partial charge in [0.15, 0.2) is 6.61 Å². The maximum absolute atomic E-state index is 11.7. The average molecular weight is 325 g/mol. The van der Waals surface area contributed by atoms with E-state index in [1.165, 1.54) is 6.08 Å². The van der Waals surface area contributed by atoms with Crippen LogP contribution in [0, 0.1) is 6.92 Å². The van der Waals surface area contributed by atoms with Gasteiger partial charge in [0.25, 0.3) is 5.91 Å². The van der Waals surface area contributed by atoms with Gasteiger partial charge in [-0.3, -0.25) is 4.79 Å². The maximum Gasteiger partial charge on any atom is 0.330 e. The zero-order valence-electron chi connectivity index (χ0n) is 13.6. The van der Waals surface area contributed by atoms with E-state index in [0.717, 1.165) is 11.3 Å². The van der Waals surface area contributed by atoms with E-state index < -0.39 is 11.9 Å². The smallest absolute Gasteiger partial charge is 0.330 e. The highest BCUT2D eigenvalue weighted by molar-refractivity contribution is 5.93. The van der Waals surface area contributed by atoms with Crippen LogP contribution in [0.2, 0.25) is 0 Å². The van der Waals surface area contributed by atoms with E-state index in [-0.39, 0.29) is 6.61 Å². The fraction of sp³-hybridized carbons (Fsp3) is 0.158. The summed E-state index contributed by atoms with van der Waals surface area (Å²) in [5.74, 6) is 0.458. The molecule has 0 aliphatic heterocycles. The number of aryl methyl sites for hydroxylation is 1. The number of allylic oxidation sites excluding steroid dienone is 1. The minimum Gasteiger partial charge on any atom is -0.457 e. The Kier molecular flexibility index (Phi) is 6.14. The first-order valence-corrected chi connectivity index (χ1v) is 7.50. The van der Waals surface area contributed by atoms with Gasteiger partial charge < -0.3 is 14.8 Å². The fourth-order valence-corrected chi connectivity index (χ4v) is 1.87. The largest absolute Gasteiger partial charge is 0.457 e. The van der Waals surface area contributed by atoms with Crippen LogP contribution in [0.5, 0.6) is 11.5 Å². The number of carbonyl (C=O) groups excluding carboxylic acids is 2. The topological polar surface area (TPSA) is 64.6 Å². The first-order chi connectivity index (χ1) is 11.6. The zero-order chi connectivity index (χ0) is 17.4. The number of rotatable bonds is 6. The molecule has 0 heterocycles. The van der Waals surface area contributed by atoms with Crippen LogP contribution in [0.15, 0.2) is 60.7 Å². The summed E-state index contributed by atoms with van der Waals surface area (Å²) in [6.07, 6.45) is 2.80. The van der Waals surface area contributed by atoms with E-state index in [9.17, 15) is 9.59 Å². The van der Waals surface area contributed by atoms with E-state index in [1.807, 2.05) is 31.2 Å². The Bertz CT molecular complexity index is 718. The van der Waals surface area contributed by atoms with E-state index in [0.29, 0.717) is 11.4 Å². The minimum atomic E-state index is -0.547. The summed E-state index contributed by atoms with van der Waals surface area (Å²) in [4.78, 5) is 22.8. The van der Waals surface area contributed by atoms with E-state index in [2.05, 4.69) is 5.32 Å². The van der Waals surface area contributed by atoms with Crippen molar-refractivity contribution in [3.05, 3.63) is 66.2 Å². The predicted molar refractivity (Wildman–Crippen MR) is 92.1 cm³/mol. The number of anilines is 1. The van der Waals surface area contributed by atoms with Gasteiger partial charge in [-0.25, -0.2) is 4.79 Å². The van der Waals surface area contributed by atoms with Crippen molar-refractivity contribution in [1.29, 1.82) is 0 Å². The molecule has 0 unspecified atom stereocenters. The van der Waals surface area contributed by atoms with Gasteiger partial charge in [-0.05, 0) is 50.2 Å². The highest BCUT2D eigenvalue weighted by Crippen LogP contribution is 2.23. The minimum absolute atomic E-state index is 0.329. The highest BCUT2D eigenvalue weighted by Gasteiger charge is 2.06. The number of amides is 1. The second kappa shape index (κ2) is 8.53. The monoisotopic (exact) mass is 325 g/mol. The summed E-state index contributed by atoms with van der Waals surface area (Å²) in [5, 5.41) is 2.64. The van der Waals surface area contributed by atoms with Crippen LogP contribution in [0.25, 0.3) is 0 Å². The van der Waals surface area contributed by atoms with E-state index in [1.54, 1.807) is 37.3 Å². The van der Waals surface area contributed by atoms with E-state index >= 15 is 0 Å². The van der Waals surface area contributed by atoms with Gasteiger partial charge in [-0.2, -0.15) is 0 Å². The van der Waals surface area contributed by atoms with Crippen molar-refractivity contribution < 1.29 is 19.1 Å². The number of ether oxygens (including phenoxy) is 2. The Hall–Kier alpha value is -3.08. The van der Waals surface area contributed by atoms with Crippen molar-refractivity contribution in [2.24, 2.45) is 0 Å². The van der Waals surface area contributed by atoms with Crippen LogP contribution >= 0.6 is 0 Å². The van der Waals surface area contributed by atoms with Crippen molar-refractivity contribution in [3.8, 4) is 11.5 Å². The van der Waals surface area contributed by atoms with Crippen molar-refractivity contribution in [2.45, 2.75) is 13.8 Å². The molecule has 5 heteroatoms. The molecule has 2 rings (SSSR count). The molecule has 1 N–H and O–H groups in total. The molecule has 2 aromatic carbocycles. The molecule has 124 valence electrons. The number of hydrogen-bond acceptors (Lipinski definition) is 4. The predicted octanol–water partition coefficient (Wildman–Crippen LogP) is 3.85. The summed E-state index contributed by atoms with van der Waals surface area (Å²) in [7, 11) is 0. The molecule has 0 aliphatic rings. The SMILES string of the molecule is C/C=C/C(=O)OCC(=O)Nc1ccc(Oc2ccc(C)cc2)cc1. The molecule has 0 aromatic heterocycles. The van der Waals surface area contributed by atoms with Crippen LogP contribution in [0.1, 0.15) is 12.5 Å². The maximum atomic E-state index is 11.7. The standard InChI is InChI=1S/C19H19NO4/c1-3-4-19(22)23-13-18(21)20-15-7-11-17(12-8-15)24-16-9-5-14(2)6-10-16/h3-12H,13H2,1-2H3,(H,20,21)/b4-3+. The van der Waals surface area contributed by atoms with Crippen LogP contribution in [-0.4, -0.2) is 18.5 Å². The number of esters is 1. The molecule has 24 heavy (non-hydrogen) atoms. The van der Waals surface area contributed by atoms with Gasteiger partial charge in [0.05, 0.1) is 0 Å². The summed E-state index contributed by atoms with van der Waals surface area (Å²) in [6, 6.07) is 14.7. The third-order valence-electron chi connectivity index (χ3n) is 3.04. The lowest BCUT2D eigenvalue weighted by Gasteiger charge is -2.08. The van der Waals surface area contributed by atoms with Crippen LogP contribution in [0.3, 0.4) is 0 Å². The first-order valence-electron chi connectivity index (χ1n) is 7.50. The Morgan fingerprint density at radius 1 is 1.00 bits per heavy atom. The zero-order valence-corrected chi connectivity index (χ0v) is 13.6. The van der Waals surface area contributed by atoms with Gasteiger partial charge in [-0.15, -0.1) is 0 Å². The molecule has 0 aliphatic carbocycles. The Balaban J connectivity index is 1.86. The Morgan fingerprint density at radius 3 is 2.17 bits per heavy atom. The Morgan fingerprint density at radius 2 is 1.58 bits per heavy atom. The molecular formula is C19H19NO4. The molecule has 0 saturated heterocycles. The number of carbonyl (C=O) groups is 2. The normalized spacial score (nSPS) is 10.4. The lowest BCUT2D eigenvalue weighted by atomic mass is 10.2. The van der Waals surface area contributed by atoms with Crippen molar-refractivity contribution in [3.63, 3.8) is 0 Å². The molecule has 2 aromatic rings. The van der Waals surface area contributed by atoms with Gasteiger partial charge in [0.2, 0.25) is 0 Å². The van der Waals surface area contributed by atoms with Gasteiger partial charge in [0.1, 0.15) is 11.5 Å². The lowest BCUT2D eigenvalue weighted by molar-refractivity contribution is -0.142. The molecule has 0 radical (unpaired) electrons. The number of benzene rings is 2. The summed E-state index contributed by atoms with van der Waals surface area (Å²) in [5.41, 5.74) is 1.76. The van der Waals surface area contributed by atoms with Crippen LogP contribution in [-0.2, 0) is 14.3 Å². The van der Waals surface area contributed by atoms with Crippen LogP contribution in [0.4, 0.5) is 5.69 Å². The highest BCUT2D eigenvalue weighted by atomic mass is 16.5. The number of hydrogen-bond donors (Lipinski definition) is 1. The summed E-state index contributed by atoms with van der Waals surface area (Å²) >= 11 is 0. The van der Waals surface area contributed by atoms with Crippen molar-refractivity contribution >= 4 is 17.6 Å². The third kappa shape index (κ3) is 5.61. The molecule has 0 bridgehead atoms. The fourth-order valence-electron chi connectivity index (χ4n) is 1.87. The molecule has 0 atom stereocenters. The van der Waals surface area contributed by atoms with E-state index in [4.69, 9.17) is 9.47 Å². The van der Waals surface area contributed by atoms with Crippen molar-refractivity contribution in [2.75, 3.05) is 11.9 Å². The Labute approximate surface area is 140 Å². The lowest BCUT2D eigenvalue weighted by Crippen LogP contribution is -2.20.